The molecular formula is C16H22N2O3S. The van der Waals surface area contributed by atoms with Gasteiger partial charge in [0.15, 0.2) is 0 Å². The quantitative estimate of drug-likeness (QED) is 0.925. The second kappa shape index (κ2) is 6.36. The number of amides is 1. The molecule has 1 saturated heterocycles. The van der Waals surface area contributed by atoms with Crippen LogP contribution >= 0.6 is 11.3 Å². The maximum absolute atomic E-state index is 12.9. The van der Waals surface area contributed by atoms with E-state index in [0.717, 1.165) is 43.5 Å². The van der Waals surface area contributed by atoms with Crippen LogP contribution in [0.4, 0.5) is 0 Å². The molecule has 2 heterocycles. The number of rotatable bonds is 4. The summed E-state index contributed by atoms with van der Waals surface area (Å²) in [6.07, 6.45) is 8.29. The van der Waals surface area contributed by atoms with Crippen LogP contribution in [0, 0.1) is 5.92 Å². The monoisotopic (exact) mass is 322 g/mol. The zero-order chi connectivity index (χ0) is 15.7. The van der Waals surface area contributed by atoms with Gasteiger partial charge in [0.1, 0.15) is 10.9 Å². The highest BCUT2D eigenvalue weighted by Crippen LogP contribution is 2.40. The average Bonchev–Trinajstić information content (AvgIpc) is 3.11. The Balaban J connectivity index is 1.85. The Morgan fingerprint density at radius 2 is 2.18 bits per heavy atom. The molecule has 0 bridgehead atoms. The van der Waals surface area contributed by atoms with E-state index in [-0.39, 0.29) is 11.9 Å². The van der Waals surface area contributed by atoms with Gasteiger partial charge in [-0.05, 0) is 38.0 Å². The minimum atomic E-state index is -0.874. The first kappa shape index (κ1) is 15.5. The average molecular weight is 322 g/mol. The zero-order valence-electron chi connectivity index (χ0n) is 12.8. The van der Waals surface area contributed by atoms with Gasteiger partial charge in [0.25, 0.3) is 5.91 Å². The molecule has 120 valence electrons. The van der Waals surface area contributed by atoms with Crippen LogP contribution in [0.3, 0.4) is 0 Å². The summed E-state index contributed by atoms with van der Waals surface area (Å²) in [6.45, 7) is 2.08. The summed E-state index contributed by atoms with van der Waals surface area (Å²) in [5.74, 6) is -0.662. The standard InChI is InChI=1S/C16H22N2O3S/c1-2-5-14-17-9-13(22-14)15(19)18-11-7-4-3-6-10(11)8-12(18)16(20)21/h9-12H,2-8H2,1H3,(H,20,21)/t10-,11+,12-/m0/s1. The Labute approximate surface area is 134 Å². The third-order valence-electron chi connectivity index (χ3n) is 4.84. The van der Waals surface area contributed by atoms with Crippen molar-refractivity contribution in [3.8, 4) is 0 Å². The SMILES string of the molecule is CCCc1ncc(C(=O)N2[C@@H]3CCCC[C@H]3C[C@H]2C(=O)O)s1. The largest absolute Gasteiger partial charge is 0.480 e. The number of aliphatic carboxylic acids is 1. The molecule has 1 saturated carbocycles. The second-order valence-electron chi connectivity index (χ2n) is 6.28. The first-order valence-corrected chi connectivity index (χ1v) is 8.93. The molecule has 6 heteroatoms. The van der Waals surface area contributed by atoms with E-state index >= 15 is 0 Å². The Morgan fingerprint density at radius 1 is 1.41 bits per heavy atom. The molecule has 1 aromatic rings. The van der Waals surface area contributed by atoms with Crippen molar-refractivity contribution in [2.75, 3.05) is 0 Å². The van der Waals surface area contributed by atoms with Crippen molar-refractivity contribution in [1.82, 2.24) is 9.88 Å². The first-order chi connectivity index (χ1) is 10.6. The van der Waals surface area contributed by atoms with Crippen LogP contribution in [0.5, 0.6) is 0 Å². The van der Waals surface area contributed by atoms with Crippen molar-refractivity contribution in [3.05, 3.63) is 16.1 Å². The lowest BCUT2D eigenvalue weighted by atomic mass is 9.85. The van der Waals surface area contributed by atoms with E-state index in [1.165, 1.54) is 11.3 Å². The molecule has 2 fully saturated rings. The van der Waals surface area contributed by atoms with Crippen molar-refractivity contribution < 1.29 is 14.7 Å². The van der Waals surface area contributed by atoms with Gasteiger partial charge in [-0.15, -0.1) is 11.3 Å². The minimum absolute atomic E-state index is 0.0964. The molecule has 1 amide bonds. The first-order valence-electron chi connectivity index (χ1n) is 8.12. The summed E-state index contributed by atoms with van der Waals surface area (Å²) in [6, 6.07) is -0.573. The maximum atomic E-state index is 12.9. The van der Waals surface area contributed by atoms with Crippen molar-refractivity contribution in [1.29, 1.82) is 0 Å². The number of carboxylic acids is 1. The van der Waals surface area contributed by atoms with Gasteiger partial charge in [-0.3, -0.25) is 4.79 Å². The molecule has 0 unspecified atom stereocenters. The van der Waals surface area contributed by atoms with Crippen LogP contribution in [0.25, 0.3) is 0 Å². The number of likely N-dealkylation sites (tertiary alicyclic amines) is 1. The number of carbonyl (C=O) groups is 2. The molecule has 2 aliphatic rings. The normalized spacial score (nSPS) is 27.7. The number of fused-ring (bicyclic) bond motifs is 1. The van der Waals surface area contributed by atoms with E-state index < -0.39 is 12.0 Å². The Kier molecular flexibility index (Phi) is 4.47. The van der Waals surface area contributed by atoms with Crippen molar-refractivity contribution in [2.45, 2.75) is 64.0 Å². The lowest BCUT2D eigenvalue weighted by Gasteiger charge is -2.32. The molecule has 0 radical (unpaired) electrons. The van der Waals surface area contributed by atoms with Gasteiger partial charge in [0.05, 0.1) is 11.2 Å². The number of nitrogens with zero attached hydrogens (tertiary/aromatic N) is 2. The molecule has 5 nitrogen and oxygen atoms in total. The van der Waals surface area contributed by atoms with Crippen LogP contribution in [-0.2, 0) is 11.2 Å². The number of hydrogen-bond acceptors (Lipinski definition) is 4. The van der Waals surface area contributed by atoms with Gasteiger partial charge >= 0.3 is 5.97 Å². The molecule has 1 aromatic heterocycles. The van der Waals surface area contributed by atoms with Crippen LogP contribution in [0.15, 0.2) is 6.20 Å². The number of hydrogen-bond donors (Lipinski definition) is 1. The Hall–Kier alpha value is -1.43. The third-order valence-corrected chi connectivity index (χ3v) is 5.88. The summed E-state index contributed by atoms with van der Waals surface area (Å²) in [4.78, 5) is 31.0. The van der Waals surface area contributed by atoms with Crippen molar-refractivity contribution in [3.63, 3.8) is 0 Å². The molecule has 1 aliphatic heterocycles. The number of aromatic nitrogens is 1. The highest BCUT2D eigenvalue weighted by molar-refractivity contribution is 7.13. The Morgan fingerprint density at radius 3 is 2.91 bits per heavy atom. The predicted octanol–water partition coefficient (Wildman–Crippen LogP) is 2.95. The van der Waals surface area contributed by atoms with Crippen molar-refractivity contribution >= 4 is 23.2 Å². The van der Waals surface area contributed by atoms with Gasteiger partial charge < -0.3 is 10.0 Å². The van der Waals surface area contributed by atoms with Crippen molar-refractivity contribution in [2.24, 2.45) is 5.92 Å². The van der Waals surface area contributed by atoms with Crippen LogP contribution in [0.2, 0.25) is 0 Å². The number of carboxylic acid groups (broad SMARTS) is 1. The third kappa shape index (κ3) is 2.76. The van der Waals surface area contributed by atoms with Gasteiger partial charge in [0.2, 0.25) is 0 Å². The minimum Gasteiger partial charge on any atom is -0.480 e. The second-order valence-corrected chi connectivity index (χ2v) is 7.40. The lowest BCUT2D eigenvalue weighted by molar-refractivity contribution is -0.141. The fraction of sp³-hybridized carbons (Fsp3) is 0.688. The van der Waals surface area contributed by atoms with Crippen LogP contribution < -0.4 is 0 Å². The van der Waals surface area contributed by atoms with Crippen LogP contribution in [-0.4, -0.2) is 39.0 Å². The molecular weight excluding hydrogens is 300 g/mol. The smallest absolute Gasteiger partial charge is 0.326 e. The number of thiazole rings is 1. The van der Waals surface area contributed by atoms with E-state index in [1.54, 1.807) is 11.1 Å². The molecule has 1 N–H and O–H groups in total. The highest BCUT2D eigenvalue weighted by Gasteiger charge is 2.47. The van der Waals surface area contributed by atoms with E-state index in [0.29, 0.717) is 17.2 Å². The van der Waals surface area contributed by atoms with E-state index in [2.05, 4.69) is 11.9 Å². The van der Waals surface area contributed by atoms with Crippen LogP contribution in [0.1, 0.15) is 60.1 Å². The summed E-state index contributed by atoms with van der Waals surface area (Å²) in [5, 5.41) is 10.5. The fourth-order valence-corrected chi connectivity index (χ4v) is 4.80. The zero-order valence-corrected chi connectivity index (χ0v) is 13.6. The predicted molar refractivity (Wildman–Crippen MR) is 84.1 cm³/mol. The van der Waals surface area contributed by atoms with Gasteiger partial charge in [-0.25, -0.2) is 9.78 Å². The topological polar surface area (TPSA) is 70.5 Å². The van der Waals surface area contributed by atoms with E-state index in [9.17, 15) is 14.7 Å². The number of carbonyl (C=O) groups excluding carboxylic acids is 1. The molecule has 0 aromatic carbocycles. The molecule has 3 rings (SSSR count). The van der Waals surface area contributed by atoms with Gasteiger partial charge in [-0.2, -0.15) is 0 Å². The summed E-state index contributed by atoms with van der Waals surface area (Å²) < 4.78 is 0. The Bertz CT molecular complexity index is 571. The fourth-order valence-electron chi connectivity index (χ4n) is 3.84. The molecule has 0 spiro atoms. The summed E-state index contributed by atoms with van der Waals surface area (Å²) in [5.41, 5.74) is 0. The lowest BCUT2D eigenvalue weighted by Crippen LogP contribution is -2.46. The van der Waals surface area contributed by atoms with Gasteiger partial charge in [-0.1, -0.05) is 19.8 Å². The summed E-state index contributed by atoms with van der Waals surface area (Å²) in [7, 11) is 0. The molecule has 1 aliphatic carbocycles. The molecule has 22 heavy (non-hydrogen) atoms. The van der Waals surface area contributed by atoms with E-state index in [4.69, 9.17) is 0 Å². The summed E-state index contributed by atoms with van der Waals surface area (Å²) >= 11 is 1.41. The highest BCUT2D eigenvalue weighted by atomic mass is 32.1. The maximum Gasteiger partial charge on any atom is 0.326 e. The number of aryl methyl sites for hydroxylation is 1. The molecule has 3 atom stereocenters. The van der Waals surface area contributed by atoms with Gasteiger partial charge in [0, 0.05) is 6.04 Å². The van der Waals surface area contributed by atoms with E-state index in [1.807, 2.05) is 0 Å².